The normalized spacial score (nSPS) is 12.2. The van der Waals surface area contributed by atoms with Crippen LogP contribution in [0.25, 0.3) is 0 Å². The maximum absolute atomic E-state index is 12.8. The van der Waals surface area contributed by atoms with Crippen molar-refractivity contribution in [3.8, 4) is 0 Å². The third kappa shape index (κ3) is 60.5. The highest BCUT2D eigenvalue weighted by atomic mass is 16.6. The van der Waals surface area contributed by atoms with Crippen LogP contribution < -0.4 is 0 Å². The number of ether oxygens (including phenoxy) is 3. The molecule has 0 aliphatic carbocycles. The van der Waals surface area contributed by atoms with E-state index in [9.17, 15) is 14.4 Å². The fourth-order valence-corrected chi connectivity index (χ4v) is 9.88. The summed E-state index contributed by atoms with van der Waals surface area (Å²) >= 11 is 0. The predicted molar refractivity (Wildman–Crippen MR) is 321 cm³/mol. The van der Waals surface area contributed by atoms with Crippen molar-refractivity contribution in [2.75, 3.05) is 13.2 Å². The largest absolute Gasteiger partial charge is 0.462 e. The highest BCUT2D eigenvalue weighted by Crippen LogP contribution is 2.18. The monoisotopic (exact) mass is 1040 g/mol. The molecule has 1 unspecified atom stereocenters. The standard InChI is InChI=1S/C68H126O6/c1-4-7-10-13-16-19-22-25-26-27-28-29-30-31-32-33-34-35-36-37-38-39-40-41-42-44-46-49-52-55-58-61-67(70)73-64-65(63-72-66(69)60-57-54-51-48-45-24-21-18-15-12-9-6-3)74-68(71)62-59-56-53-50-47-43-23-20-17-14-11-8-5-2/h20,22-23,25,27-28,65H,4-19,21,24,26,29-64H2,1-3H3/b23-20-,25-22-,28-27-. The van der Waals surface area contributed by atoms with Crippen LogP contribution >= 0.6 is 0 Å². The van der Waals surface area contributed by atoms with Gasteiger partial charge in [0.2, 0.25) is 0 Å². The molecule has 0 aliphatic rings. The molecule has 0 aliphatic heterocycles. The Bertz CT molecular complexity index is 1240. The van der Waals surface area contributed by atoms with Gasteiger partial charge < -0.3 is 14.2 Å². The highest BCUT2D eigenvalue weighted by Gasteiger charge is 2.19. The molecule has 74 heavy (non-hydrogen) atoms. The Hall–Kier alpha value is -2.37. The van der Waals surface area contributed by atoms with E-state index in [1.54, 1.807) is 0 Å². The summed E-state index contributed by atoms with van der Waals surface area (Å²) in [6.45, 7) is 6.65. The van der Waals surface area contributed by atoms with E-state index in [0.29, 0.717) is 19.3 Å². The molecule has 0 bridgehead atoms. The van der Waals surface area contributed by atoms with Gasteiger partial charge in [0.1, 0.15) is 13.2 Å². The lowest BCUT2D eigenvalue weighted by Crippen LogP contribution is -2.30. The van der Waals surface area contributed by atoms with Gasteiger partial charge in [-0.1, -0.05) is 301 Å². The summed E-state index contributed by atoms with van der Waals surface area (Å²) in [5, 5.41) is 0. The first-order valence-corrected chi connectivity index (χ1v) is 33.0. The zero-order valence-corrected chi connectivity index (χ0v) is 49.9. The molecule has 0 saturated carbocycles. The van der Waals surface area contributed by atoms with Crippen LogP contribution in [0.3, 0.4) is 0 Å². The zero-order valence-electron chi connectivity index (χ0n) is 49.9. The second kappa shape index (κ2) is 63.2. The minimum Gasteiger partial charge on any atom is -0.462 e. The minimum atomic E-state index is -0.772. The van der Waals surface area contributed by atoms with Crippen LogP contribution in [0, 0.1) is 0 Å². The molecule has 1 atom stereocenters. The Balaban J connectivity index is 4.08. The fourth-order valence-electron chi connectivity index (χ4n) is 9.88. The molecule has 0 N–H and O–H groups in total. The van der Waals surface area contributed by atoms with Gasteiger partial charge in [-0.3, -0.25) is 14.4 Å². The second-order valence-corrected chi connectivity index (χ2v) is 22.4. The van der Waals surface area contributed by atoms with Crippen molar-refractivity contribution in [2.24, 2.45) is 0 Å². The van der Waals surface area contributed by atoms with E-state index in [1.165, 1.54) is 250 Å². The van der Waals surface area contributed by atoms with E-state index in [-0.39, 0.29) is 31.1 Å². The molecule has 0 aromatic rings. The summed E-state index contributed by atoms with van der Waals surface area (Å²) in [7, 11) is 0. The Kier molecular flexibility index (Phi) is 61.1. The maximum atomic E-state index is 12.8. The number of allylic oxidation sites excluding steroid dienone is 6. The van der Waals surface area contributed by atoms with Crippen LogP contribution in [-0.2, 0) is 28.6 Å². The molecule has 6 heteroatoms. The summed E-state index contributed by atoms with van der Waals surface area (Å²) in [5.41, 5.74) is 0. The first-order valence-electron chi connectivity index (χ1n) is 33.0. The van der Waals surface area contributed by atoms with E-state index in [2.05, 4.69) is 57.2 Å². The summed E-state index contributed by atoms with van der Waals surface area (Å²) in [5.74, 6) is -0.857. The molecule has 0 radical (unpaired) electrons. The molecule has 0 amide bonds. The summed E-state index contributed by atoms with van der Waals surface area (Å²) in [6, 6.07) is 0. The zero-order chi connectivity index (χ0) is 53.6. The van der Waals surface area contributed by atoms with Gasteiger partial charge in [0, 0.05) is 19.3 Å². The SMILES string of the molecule is CCCCCC/C=C\CCCCCCCC(=O)OC(COC(=O)CCCCCCCCCCCCCC)COC(=O)CCCCCCCCCCCCCCCCCCCCC/C=C\C/C=C\CCCCCCC. The molecule has 0 heterocycles. The van der Waals surface area contributed by atoms with Crippen molar-refractivity contribution in [3.63, 3.8) is 0 Å². The van der Waals surface area contributed by atoms with Crippen molar-refractivity contribution in [2.45, 2.75) is 367 Å². The van der Waals surface area contributed by atoms with Crippen molar-refractivity contribution in [1.29, 1.82) is 0 Å². The molecular weight excluding hydrogens is 913 g/mol. The van der Waals surface area contributed by atoms with Crippen molar-refractivity contribution in [1.82, 2.24) is 0 Å². The van der Waals surface area contributed by atoms with Gasteiger partial charge in [-0.2, -0.15) is 0 Å². The topological polar surface area (TPSA) is 78.9 Å². The third-order valence-corrected chi connectivity index (χ3v) is 14.9. The molecule has 0 spiro atoms. The van der Waals surface area contributed by atoms with E-state index >= 15 is 0 Å². The van der Waals surface area contributed by atoms with Gasteiger partial charge in [0.25, 0.3) is 0 Å². The molecule has 434 valence electrons. The molecule has 0 fully saturated rings. The van der Waals surface area contributed by atoms with E-state index in [1.807, 2.05) is 0 Å². The molecule has 0 aromatic heterocycles. The van der Waals surface area contributed by atoms with E-state index < -0.39 is 6.10 Å². The van der Waals surface area contributed by atoms with Crippen molar-refractivity contribution in [3.05, 3.63) is 36.5 Å². The summed E-state index contributed by atoms with van der Waals surface area (Å²) < 4.78 is 16.9. The molecule has 0 saturated heterocycles. The number of carbonyl (C=O) groups is 3. The average molecular weight is 1040 g/mol. The highest BCUT2D eigenvalue weighted by molar-refractivity contribution is 5.71. The lowest BCUT2D eigenvalue weighted by Gasteiger charge is -2.18. The van der Waals surface area contributed by atoms with Gasteiger partial charge >= 0.3 is 17.9 Å². The maximum Gasteiger partial charge on any atom is 0.306 e. The fraction of sp³-hybridized carbons (Fsp3) is 0.868. The van der Waals surface area contributed by atoms with E-state index in [4.69, 9.17) is 14.2 Å². The molecule has 0 aromatic carbocycles. The lowest BCUT2D eigenvalue weighted by atomic mass is 10.0. The van der Waals surface area contributed by atoms with Crippen molar-refractivity contribution >= 4 is 17.9 Å². The number of carbonyl (C=O) groups excluding carboxylic acids is 3. The van der Waals surface area contributed by atoms with Crippen LogP contribution in [0.4, 0.5) is 0 Å². The number of esters is 3. The van der Waals surface area contributed by atoms with Gasteiger partial charge in [0.05, 0.1) is 0 Å². The van der Waals surface area contributed by atoms with Gasteiger partial charge in [0.15, 0.2) is 6.10 Å². The first-order chi connectivity index (χ1) is 36.5. The Morgan fingerprint density at radius 1 is 0.270 bits per heavy atom. The minimum absolute atomic E-state index is 0.0700. The van der Waals surface area contributed by atoms with Crippen LogP contribution in [0.5, 0.6) is 0 Å². The van der Waals surface area contributed by atoms with Crippen molar-refractivity contribution < 1.29 is 28.6 Å². The van der Waals surface area contributed by atoms with Crippen LogP contribution in [-0.4, -0.2) is 37.2 Å². The smallest absolute Gasteiger partial charge is 0.306 e. The summed E-state index contributed by atoms with van der Waals surface area (Å²) in [4.78, 5) is 38.2. The Labute approximate surface area is 461 Å². The number of rotatable bonds is 61. The number of hydrogen-bond donors (Lipinski definition) is 0. The van der Waals surface area contributed by atoms with Crippen LogP contribution in [0.2, 0.25) is 0 Å². The average Bonchev–Trinajstić information content (AvgIpc) is 3.40. The van der Waals surface area contributed by atoms with Gasteiger partial charge in [-0.05, 0) is 77.0 Å². The quantitative estimate of drug-likeness (QED) is 0.0261. The summed E-state index contributed by atoms with van der Waals surface area (Å²) in [6.07, 6.45) is 77.5. The van der Waals surface area contributed by atoms with Crippen LogP contribution in [0.15, 0.2) is 36.5 Å². The second-order valence-electron chi connectivity index (χ2n) is 22.4. The first kappa shape index (κ1) is 71.6. The molecule has 0 rings (SSSR count). The number of hydrogen-bond acceptors (Lipinski definition) is 6. The molecular formula is C68H126O6. The van der Waals surface area contributed by atoms with Crippen LogP contribution in [0.1, 0.15) is 361 Å². The van der Waals surface area contributed by atoms with Gasteiger partial charge in [-0.25, -0.2) is 0 Å². The third-order valence-electron chi connectivity index (χ3n) is 14.9. The Morgan fingerprint density at radius 2 is 0.486 bits per heavy atom. The molecule has 6 nitrogen and oxygen atoms in total. The van der Waals surface area contributed by atoms with Gasteiger partial charge in [-0.15, -0.1) is 0 Å². The number of unbranched alkanes of at least 4 members (excludes halogenated alkanes) is 44. The predicted octanol–water partition coefficient (Wildman–Crippen LogP) is 22.4. The lowest BCUT2D eigenvalue weighted by molar-refractivity contribution is -0.167. The Morgan fingerprint density at radius 3 is 0.770 bits per heavy atom. The van der Waals surface area contributed by atoms with E-state index in [0.717, 1.165) is 70.6 Å².